The Labute approximate surface area is 171 Å². The number of anilines is 1. The molecule has 1 aliphatic rings. The maximum atomic E-state index is 12.5. The predicted octanol–water partition coefficient (Wildman–Crippen LogP) is 3.01. The van der Waals surface area contributed by atoms with E-state index in [1.807, 2.05) is 55.5 Å². The quantitative estimate of drug-likeness (QED) is 0.759. The number of hydrogen-bond donors (Lipinski definition) is 2. The van der Waals surface area contributed by atoms with Gasteiger partial charge in [0.15, 0.2) is 0 Å². The molecule has 0 aromatic heterocycles. The molecule has 2 aromatic carbocycles. The molecule has 0 radical (unpaired) electrons. The molecule has 29 heavy (non-hydrogen) atoms. The van der Waals surface area contributed by atoms with Crippen LogP contribution in [0.1, 0.15) is 48.9 Å². The van der Waals surface area contributed by atoms with Crippen molar-refractivity contribution < 1.29 is 14.4 Å². The first kappa shape index (κ1) is 20.6. The van der Waals surface area contributed by atoms with E-state index in [1.54, 1.807) is 4.90 Å². The normalized spacial score (nSPS) is 14.6. The van der Waals surface area contributed by atoms with Crippen LogP contribution in [0, 0.1) is 6.92 Å². The van der Waals surface area contributed by atoms with Crippen molar-refractivity contribution in [1.82, 2.24) is 10.6 Å². The van der Waals surface area contributed by atoms with Gasteiger partial charge in [0.25, 0.3) is 0 Å². The fourth-order valence-electron chi connectivity index (χ4n) is 3.47. The van der Waals surface area contributed by atoms with Gasteiger partial charge in [0.2, 0.25) is 17.7 Å². The summed E-state index contributed by atoms with van der Waals surface area (Å²) < 4.78 is 0. The van der Waals surface area contributed by atoms with Crippen molar-refractivity contribution in [3.05, 3.63) is 65.2 Å². The largest absolute Gasteiger partial charge is 0.352 e. The molecular weight excluding hydrogens is 366 g/mol. The van der Waals surface area contributed by atoms with Gasteiger partial charge in [0.05, 0.1) is 12.5 Å². The highest BCUT2D eigenvalue weighted by Gasteiger charge is 2.21. The summed E-state index contributed by atoms with van der Waals surface area (Å²) in [6.07, 6.45) is 1.67. The first-order valence-electron chi connectivity index (χ1n) is 9.92. The van der Waals surface area contributed by atoms with Crippen LogP contribution in [0.5, 0.6) is 0 Å². The zero-order valence-electron chi connectivity index (χ0n) is 16.9. The maximum Gasteiger partial charge on any atom is 0.227 e. The molecule has 1 heterocycles. The van der Waals surface area contributed by atoms with Crippen LogP contribution in [0.25, 0.3) is 0 Å². The number of aryl methyl sites for hydroxylation is 1. The highest BCUT2D eigenvalue weighted by molar-refractivity contribution is 5.95. The third kappa shape index (κ3) is 5.67. The Bertz CT molecular complexity index is 875. The van der Waals surface area contributed by atoms with Crippen LogP contribution in [0.15, 0.2) is 48.5 Å². The van der Waals surface area contributed by atoms with E-state index in [1.165, 1.54) is 6.92 Å². The average Bonchev–Trinajstić information content (AvgIpc) is 3.12. The number of amides is 3. The lowest BCUT2D eigenvalue weighted by molar-refractivity contribution is -0.123. The van der Waals surface area contributed by atoms with Gasteiger partial charge in [-0.1, -0.05) is 42.0 Å². The maximum absolute atomic E-state index is 12.5. The number of rotatable bonds is 7. The van der Waals surface area contributed by atoms with Gasteiger partial charge in [-0.2, -0.15) is 0 Å². The number of nitrogens with one attached hydrogen (secondary N) is 2. The molecule has 0 saturated carbocycles. The minimum atomic E-state index is -0.364. The Morgan fingerprint density at radius 1 is 1.07 bits per heavy atom. The van der Waals surface area contributed by atoms with Crippen LogP contribution in [0.4, 0.5) is 5.69 Å². The van der Waals surface area contributed by atoms with Gasteiger partial charge in [-0.05, 0) is 36.6 Å². The molecule has 1 atom stereocenters. The van der Waals surface area contributed by atoms with E-state index in [2.05, 4.69) is 10.6 Å². The molecule has 1 aliphatic heterocycles. The standard InChI is InChI=1S/C23H27N3O3/c1-16-5-9-19(10-6-16)21(25-17(2)27)14-22(28)24-15-18-7-11-20(12-8-18)26-13-3-4-23(26)29/h5-12,21H,3-4,13-15H2,1-2H3,(H,24,28)(H,25,27). The van der Waals surface area contributed by atoms with Crippen molar-refractivity contribution in [2.75, 3.05) is 11.4 Å². The van der Waals surface area contributed by atoms with Gasteiger partial charge in [-0.15, -0.1) is 0 Å². The van der Waals surface area contributed by atoms with Crippen molar-refractivity contribution in [2.24, 2.45) is 0 Å². The molecule has 2 aromatic rings. The molecule has 1 unspecified atom stereocenters. The molecule has 1 saturated heterocycles. The Balaban J connectivity index is 1.56. The highest BCUT2D eigenvalue weighted by Crippen LogP contribution is 2.22. The fraction of sp³-hybridized carbons (Fsp3) is 0.348. The van der Waals surface area contributed by atoms with E-state index >= 15 is 0 Å². The van der Waals surface area contributed by atoms with Crippen molar-refractivity contribution in [3.63, 3.8) is 0 Å². The fourth-order valence-corrected chi connectivity index (χ4v) is 3.47. The van der Waals surface area contributed by atoms with Gasteiger partial charge in [0, 0.05) is 32.1 Å². The number of nitrogens with zero attached hydrogens (tertiary/aromatic N) is 1. The third-order valence-corrected chi connectivity index (χ3v) is 5.06. The zero-order valence-corrected chi connectivity index (χ0v) is 16.9. The van der Waals surface area contributed by atoms with Crippen LogP contribution in [-0.2, 0) is 20.9 Å². The number of hydrogen-bond acceptors (Lipinski definition) is 3. The number of carbonyl (C=O) groups is 3. The van der Waals surface area contributed by atoms with Crippen molar-refractivity contribution in [1.29, 1.82) is 0 Å². The lowest BCUT2D eigenvalue weighted by atomic mass is 10.0. The van der Waals surface area contributed by atoms with Crippen LogP contribution >= 0.6 is 0 Å². The summed E-state index contributed by atoms with van der Waals surface area (Å²) in [5, 5.41) is 5.76. The van der Waals surface area contributed by atoms with E-state index in [4.69, 9.17) is 0 Å². The molecule has 6 nitrogen and oxygen atoms in total. The molecule has 0 bridgehead atoms. The van der Waals surface area contributed by atoms with Gasteiger partial charge < -0.3 is 15.5 Å². The third-order valence-electron chi connectivity index (χ3n) is 5.06. The summed E-state index contributed by atoms with van der Waals surface area (Å²) >= 11 is 0. The molecule has 0 spiro atoms. The summed E-state index contributed by atoms with van der Waals surface area (Å²) in [5.74, 6) is -0.148. The van der Waals surface area contributed by atoms with Crippen LogP contribution in [-0.4, -0.2) is 24.3 Å². The van der Waals surface area contributed by atoms with E-state index < -0.39 is 0 Å². The topological polar surface area (TPSA) is 78.5 Å². The van der Waals surface area contributed by atoms with E-state index in [0.717, 1.165) is 35.3 Å². The van der Waals surface area contributed by atoms with E-state index in [-0.39, 0.29) is 30.2 Å². The zero-order chi connectivity index (χ0) is 20.8. The van der Waals surface area contributed by atoms with Crippen LogP contribution in [0.3, 0.4) is 0 Å². The summed E-state index contributed by atoms with van der Waals surface area (Å²) in [5.41, 5.74) is 3.88. The molecular formula is C23H27N3O3. The molecule has 2 N–H and O–H groups in total. The minimum absolute atomic E-state index is 0.136. The summed E-state index contributed by atoms with van der Waals surface area (Å²) in [6.45, 7) is 4.60. The average molecular weight is 393 g/mol. The van der Waals surface area contributed by atoms with Gasteiger partial charge in [-0.3, -0.25) is 14.4 Å². The van der Waals surface area contributed by atoms with Crippen LogP contribution < -0.4 is 15.5 Å². The second kappa shape index (κ2) is 9.37. The predicted molar refractivity (Wildman–Crippen MR) is 112 cm³/mol. The Morgan fingerprint density at radius 2 is 1.76 bits per heavy atom. The second-order valence-electron chi connectivity index (χ2n) is 7.46. The molecule has 6 heteroatoms. The monoisotopic (exact) mass is 393 g/mol. The molecule has 1 fully saturated rings. The summed E-state index contributed by atoms with van der Waals surface area (Å²) in [6, 6.07) is 15.1. The van der Waals surface area contributed by atoms with Crippen LogP contribution in [0.2, 0.25) is 0 Å². The first-order chi connectivity index (χ1) is 13.9. The van der Waals surface area contributed by atoms with Gasteiger partial charge >= 0.3 is 0 Å². The second-order valence-corrected chi connectivity index (χ2v) is 7.46. The lowest BCUT2D eigenvalue weighted by Crippen LogP contribution is -2.32. The van der Waals surface area contributed by atoms with Crippen molar-refractivity contribution >= 4 is 23.4 Å². The molecule has 3 rings (SSSR count). The van der Waals surface area contributed by atoms with Gasteiger partial charge in [-0.25, -0.2) is 0 Å². The van der Waals surface area contributed by atoms with E-state index in [9.17, 15) is 14.4 Å². The molecule has 152 valence electrons. The minimum Gasteiger partial charge on any atom is -0.352 e. The van der Waals surface area contributed by atoms with E-state index in [0.29, 0.717) is 13.0 Å². The molecule has 3 amide bonds. The van der Waals surface area contributed by atoms with Gasteiger partial charge in [0.1, 0.15) is 0 Å². The lowest BCUT2D eigenvalue weighted by Gasteiger charge is -2.19. The number of carbonyl (C=O) groups excluding carboxylic acids is 3. The SMILES string of the molecule is CC(=O)NC(CC(=O)NCc1ccc(N2CCCC2=O)cc1)c1ccc(C)cc1. The Morgan fingerprint density at radius 3 is 2.34 bits per heavy atom. The smallest absolute Gasteiger partial charge is 0.227 e. The summed E-state index contributed by atoms with van der Waals surface area (Å²) in [7, 11) is 0. The Kier molecular flexibility index (Phi) is 6.65. The van der Waals surface area contributed by atoms with Crippen molar-refractivity contribution in [2.45, 2.75) is 45.7 Å². The summed E-state index contributed by atoms with van der Waals surface area (Å²) in [4.78, 5) is 37.6. The highest BCUT2D eigenvalue weighted by atomic mass is 16.2. The Hall–Kier alpha value is -3.15. The van der Waals surface area contributed by atoms with Crippen molar-refractivity contribution in [3.8, 4) is 0 Å². The number of benzene rings is 2. The first-order valence-corrected chi connectivity index (χ1v) is 9.92. The molecule has 0 aliphatic carbocycles.